The van der Waals surface area contributed by atoms with Crippen LogP contribution in [0.4, 0.5) is 11.4 Å². The van der Waals surface area contributed by atoms with Crippen molar-refractivity contribution in [1.82, 2.24) is 4.90 Å². The molecular formula is C33H38ClN3O4S. The molecule has 222 valence electrons. The lowest BCUT2D eigenvalue weighted by atomic mass is 9.65. The van der Waals surface area contributed by atoms with Crippen LogP contribution in [0, 0.1) is 17.8 Å². The van der Waals surface area contributed by atoms with Gasteiger partial charge >= 0.3 is 0 Å². The number of unbranched alkanes of at least 4 members (excludes halogenated alkanes) is 1. The molecule has 2 aromatic rings. The number of likely N-dealkylation sites (tertiary alicyclic amines) is 1. The van der Waals surface area contributed by atoms with Crippen LogP contribution in [0.2, 0.25) is 5.02 Å². The summed E-state index contributed by atoms with van der Waals surface area (Å²) >= 11 is 7.81. The molecule has 3 aliphatic heterocycles. The highest BCUT2D eigenvalue weighted by molar-refractivity contribution is 8.02. The molecular weight excluding hydrogens is 570 g/mol. The number of halogens is 1. The molecule has 0 aromatic heterocycles. The molecule has 6 atom stereocenters. The smallest absolute Gasteiger partial charge is 0.251 e. The molecule has 42 heavy (non-hydrogen) atoms. The number of nitrogens with zero attached hydrogens (tertiary/aromatic N) is 3. The Hall–Kier alpha value is -3.07. The Labute approximate surface area is 257 Å². The van der Waals surface area contributed by atoms with Crippen molar-refractivity contribution in [3.63, 3.8) is 0 Å². The molecule has 9 heteroatoms. The Morgan fingerprint density at radius 1 is 1.02 bits per heavy atom. The maximum absolute atomic E-state index is 14.7. The number of aliphatic hydroxyl groups excluding tert-OH is 1. The van der Waals surface area contributed by atoms with E-state index in [1.165, 1.54) is 0 Å². The van der Waals surface area contributed by atoms with E-state index < -0.39 is 22.6 Å². The summed E-state index contributed by atoms with van der Waals surface area (Å²) in [5, 5.41) is 9.98. The zero-order chi connectivity index (χ0) is 30.0. The first-order valence-electron chi connectivity index (χ1n) is 14.5. The first-order valence-corrected chi connectivity index (χ1v) is 15.8. The van der Waals surface area contributed by atoms with E-state index in [9.17, 15) is 19.5 Å². The number of aliphatic hydroxyl groups is 1. The minimum absolute atomic E-state index is 0.00447. The van der Waals surface area contributed by atoms with Gasteiger partial charge in [0, 0.05) is 47.9 Å². The van der Waals surface area contributed by atoms with E-state index in [1.807, 2.05) is 30.3 Å². The topological polar surface area (TPSA) is 81.2 Å². The van der Waals surface area contributed by atoms with E-state index >= 15 is 0 Å². The van der Waals surface area contributed by atoms with Gasteiger partial charge in [0.25, 0.3) is 5.91 Å². The van der Waals surface area contributed by atoms with Gasteiger partial charge in [-0.2, -0.15) is 0 Å². The molecule has 2 bridgehead atoms. The standard InChI is InChI=1S/C33H38ClN3O4S/c1-4-17-35(24-11-7-6-8-12-24)30(39)27-26-21-22(3)33(42-26)28(27)31(40)37(19-9-10-20-38)29(33)32(41)36(18-5-2)25-15-13-23(34)14-16-25/h4-8,11-16,22,26-29,38H,1-2,9-10,17-21H2,3H3/t22?,26-,27+,28-,29?,33?/m0/s1. The maximum Gasteiger partial charge on any atom is 0.251 e. The van der Waals surface area contributed by atoms with Crippen LogP contribution in [-0.4, -0.2) is 70.0 Å². The summed E-state index contributed by atoms with van der Waals surface area (Å²) in [6.45, 7) is 10.8. The van der Waals surface area contributed by atoms with Gasteiger partial charge in [0.15, 0.2) is 0 Å². The fourth-order valence-corrected chi connectivity index (χ4v) is 9.71. The number of para-hydroxylation sites is 1. The average Bonchev–Trinajstić information content (AvgIpc) is 3.58. The number of anilines is 2. The fourth-order valence-electron chi connectivity index (χ4n) is 7.18. The highest BCUT2D eigenvalue weighted by atomic mass is 35.5. The van der Waals surface area contributed by atoms with Gasteiger partial charge < -0.3 is 19.8 Å². The van der Waals surface area contributed by atoms with Crippen molar-refractivity contribution in [2.75, 3.05) is 36.0 Å². The van der Waals surface area contributed by atoms with Crippen LogP contribution >= 0.6 is 23.4 Å². The molecule has 3 heterocycles. The largest absolute Gasteiger partial charge is 0.396 e. The number of hydrogen-bond donors (Lipinski definition) is 1. The van der Waals surface area contributed by atoms with Crippen molar-refractivity contribution in [3.05, 3.63) is 84.9 Å². The monoisotopic (exact) mass is 607 g/mol. The Morgan fingerprint density at radius 3 is 2.26 bits per heavy atom. The number of amides is 3. The van der Waals surface area contributed by atoms with Crippen molar-refractivity contribution in [3.8, 4) is 0 Å². The van der Waals surface area contributed by atoms with Crippen molar-refractivity contribution in [1.29, 1.82) is 0 Å². The Bertz CT molecular complexity index is 1340. The number of carbonyl (C=O) groups is 3. The van der Waals surface area contributed by atoms with E-state index in [0.717, 1.165) is 12.1 Å². The normalized spacial score (nSPS) is 27.5. The number of hydrogen-bond acceptors (Lipinski definition) is 5. The highest BCUT2D eigenvalue weighted by Crippen LogP contribution is 2.69. The van der Waals surface area contributed by atoms with E-state index in [1.54, 1.807) is 62.9 Å². The molecule has 1 N–H and O–H groups in total. The minimum atomic E-state index is -0.753. The van der Waals surface area contributed by atoms with Gasteiger partial charge in [-0.3, -0.25) is 14.4 Å². The van der Waals surface area contributed by atoms with Gasteiger partial charge in [-0.25, -0.2) is 0 Å². The van der Waals surface area contributed by atoms with Crippen molar-refractivity contribution >= 4 is 52.5 Å². The van der Waals surface area contributed by atoms with Gasteiger partial charge in [-0.1, -0.05) is 48.9 Å². The van der Waals surface area contributed by atoms with Gasteiger partial charge in [0.2, 0.25) is 11.8 Å². The summed E-state index contributed by atoms with van der Waals surface area (Å²) < 4.78 is -0.749. The van der Waals surface area contributed by atoms with Crippen LogP contribution in [0.1, 0.15) is 26.2 Å². The molecule has 3 saturated heterocycles. The molecule has 5 rings (SSSR count). The van der Waals surface area contributed by atoms with Crippen LogP contribution < -0.4 is 9.80 Å². The predicted molar refractivity (Wildman–Crippen MR) is 170 cm³/mol. The zero-order valence-corrected chi connectivity index (χ0v) is 25.5. The lowest BCUT2D eigenvalue weighted by molar-refractivity contribution is -0.139. The van der Waals surface area contributed by atoms with Crippen LogP contribution in [-0.2, 0) is 14.4 Å². The van der Waals surface area contributed by atoms with Gasteiger partial charge in [0.05, 0.1) is 16.6 Å². The second kappa shape index (κ2) is 12.7. The summed E-state index contributed by atoms with van der Waals surface area (Å²) in [5.41, 5.74) is 1.43. The van der Waals surface area contributed by atoms with Crippen LogP contribution in [0.25, 0.3) is 0 Å². The van der Waals surface area contributed by atoms with Crippen LogP contribution in [0.5, 0.6) is 0 Å². The quantitative estimate of drug-likeness (QED) is 0.265. The number of thioether (sulfide) groups is 1. The average molecular weight is 608 g/mol. The summed E-state index contributed by atoms with van der Waals surface area (Å²) in [7, 11) is 0. The molecule has 7 nitrogen and oxygen atoms in total. The van der Waals surface area contributed by atoms with E-state index in [2.05, 4.69) is 20.1 Å². The number of benzene rings is 2. The molecule has 0 saturated carbocycles. The molecule has 3 aliphatic rings. The first kappa shape index (κ1) is 30.4. The second-order valence-electron chi connectivity index (χ2n) is 11.3. The number of rotatable bonds is 12. The van der Waals surface area contributed by atoms with E-state index in [0.29, 0.717) is 36.6 Å². The molecule has 1 spiro atoms. The van der Waals surface area contributed by atoms with E-state index in [4.69, 9.17) is 11.6 Å². The van der Waals surface area contributed by atoms with Crippen molar-refractivity contribution in [2.24, 2.45) is 17.8 Å². The highest BCUT2D eigenvalue weighted by Gasteiger charge is 2.76. The van der Waals surface area contributed by atoms with Crippen molar-refractivity contribution < 1.29 is 19.5 Å². The summed E-state index contributed by atoms with van der Waals surface area (Å²) in [5.74, 6) is -1.57. The first-order chi connectivity index (χ1) is 20.3. The molecule has 3 unspecified atom stereocenters. The molecule has 3 amide bonds. The summed E-state index contributed by atoms with van der Waals surface area (Å²) in [6.07, 6.45) is 5.21. The molecule has 0 aliphatic carbocycles. The third kappa shape index (κ3) is 5.07. The molecule has 2 aromatic carbocycles. The third-order valence-electron chi connectivity index (χ3n) is 8.93. The SMILES string of the molecule is C=CCN(C(=O)C1N(CCCCO)C(=O)[C@@H]2[C@H](C(=O)N(CC=C)c3ccccc3)[C@@H]3CC(C)C12S3)c1ccc(Cl)cc1. The van der Waals surface area contributed by atoms with Gasteiger partial charge in [-0.05, 0) is 61.6 Å². The Morgan fingerprint density at radius 2 is 1.64 bits per heavy atom. The Kier molecular flexibility index (Phi) is 9.16. The maximum atomic E-state index is 14.7. The fraction of sp³-hybridized carbons (Fsp3) is 0.424. The van der Waals surface area contributed by atoms with E-state index in [-0.39, 0.29) is 42.0 Å². The summed E-state index contributed by atoms with van der Waals surface area (Å²) in [6, 6.07) is 15.8. The Balaban J connectivity index is 1.57. The zero-order valence-electron chi connectivity index (χ0n) is 23.9. The van der Waals surface area contributed by atoms with Crippen LogP contribution in [0.15, 0.2) is 79.9 Å². The predicted octanol–water partition coefficient (Wildman–Crippen LogP) is 5.19. The van der Waals surface area contributed by atoms with Gasteiger partial charge in [0.1, 0.15) is 6.04 Å². The molecule has 3 fully saturated rings. The van der Waals surface area contributed by atoms with Crippen LogP contribution in [0.3, 0.4) is 0 Å². The van der Waals surface area contributed by atoms with Gasteiger partial charge in [-0.15, -0.1) is 24.9 Å². The van der Waals surface area contributed by atoms with Crippen molar-refractivity contribution in [2.45, 2.75) is 42.2 Å². The number of fused-ring (bicyclic) bond motifs is 1. The lowest BCUT2D eigenvalue weighted by Gasteiger charge is -2.41. The lowest BCUT2D eigenvalue weighted by Crippen LogP contribution is -2.57. The summed E-state index contributed by atoms with van der Waals surface area (Å²) in [4.78, 5) is 48.6. The second-order valence-corrected chi connectivity index (χ2v) is 13.3. The third-order valence-corrected chi connectivity index (χ3v) is 11.3. The minimum Gasteiger partial charge on any atom is -0.396 e. The number of carbonyl (C=O) groups excluding carboxylic acids is 3. The molecule has 0 radical (unpaired) electrons.